The van der Waals surface area contributed by atoms with Crippen LogP contribution in [0.25, 0.3) is 21.2 Å². The average molecular weight is 556 g/mol. The monoisotopic (exact) mass is 555 g/mol. The minimum atomic E-state index is -0.647. The summed E-state index contributed by atoms with van der Waals surface area (Å²) in [4.78, 5) is 20.1. The highest BCUT2D eigenvalue weighted by Gasteiger charge is 2.32. The van der Waals surface area contributed by atoms with Crippen LogP contribution in [0, 0.1) is 17.6 Å². The number of nitrogens with two attached hydrogens (primary N) is 1. The maximum atomic E-state index is 14.6. The number of amides is 1. The fraction of sp³-hybridized carbons (Fsp3) is 0.310. The quantitative estimate of drug-likeness (QED) is 0.264. The largest absolute Gasteiger partial charge is 0.496 e. The van der Waals surface area contributed by atoms with Crippen LogP contribution < -0.4 is 10.5 Å². The fourth-order valence-electron chi connectivity index (χ4n) is 5.18. The van der Waals surface area contributed by atoms with E-state index in [4.69, 9.17) is 22.1 Å². The molecule has 0 saturated heterocycles. The summed E-state index contributed by atoms with van der Waals surface area (Å²) in [6.07, 6.45) is 5.30. The smallest absolute Gasteiger partial charge is 0.266 e. The number of fused-ring (bicyclic) bond motifs is 1. The van der Waals surface area contributed by atoms with Crippen LogP contribution in [0.2, 0.25) is 5.02 Å². The number of aromatic nitrogens is 1. The van der Waals surface area contributed by atoms with Crippen LogP contribution in [-0.4, -0.2) is 28.9 Å². The Bertz CT molecular complexity index is 1500. The van der Waals surface area contributed by atoms with Gasteiger partial charge in [0.15, 0.2) is 0 Å². The number of carbonyl (C=O) groups is 1. The van der Waals surface area contributed by atoms with Gasteiger partial charge >= 0.3 is 0 Å². The number of anilines is 1. The van der Waals surface area contributed by atoms with Crippen LogP contribution in [0.5, 0.6) is 5.75 Å². The normalized spacial score (nSPS) is 17.5. The number of carbonyl (C=O) groups excluding carboxylic acids is 1. The van der Waals surface area contributed by atoms with E-state index < -0.39 is 11.6 Å². The number of thiophene rings is 1. The summed E-state index contributed by atoms with van der Waals surface area (Å²) < 4.78 is 34.8. The second kappa shape index (κ2) is 10.9. The number of halogens is 3. The molecule has 0 bridgehead atoms. The van der Waals surface area contributed by atoms with Gasteiger partial charge in [-0.25, -0.2) is 13.8 Å². The van der Waals surface area contributed by atoms with Crippen molar-refractivity contribution >= 4 is 44.7 Å². The standard InChI is InChI=1S/C29H28ClF2N3O2S/c1-16-3-6-20(7-4-16)35(29(36)28-26(30)25-21(31)8-9-22(32)27(25)38-28)15-19-13-17(5-10-23(19)37-2)18-11-12-34-24(33)14-18/h5,8-14,16,20H,3-4,6-7,15H2,1-2H3,(H2,33,34). The zero-order valence-electron chi connectivity index (χ0n) is 21.1. The highest BCUT2D eigenvalue weighted by molar-refractivity contribution is 7.21. The van der Waals surface area contributed by atoms with Crippen LogP contribution in [0.3, 0.4) is 0 Å². The van der Waals surface area contributed by atoms with Gasteiger partial charge in [-0.2, -0.15) is 0 Å². The van der Waals surface area contributed by atoms with E-state index in [9.17, 15) is 13.6 Å². The minimum absolute atomic E-state index is 0.0420. The zero-order chi connectivity index (χ0) is 27.0. The number of benzene rings is 2. The summed E-state index contributed by atoms with van der Waals surface area (Å²) in [5, 5.41) is -0.0961. The number of hydrogen-bond acceptors (Lipinski definition) is 5. The molecular weight excluding hydrogens is 528 g/mol. The van der Waals surface area contributed by atoms with E-state index in [1.54, 1.807) is 24.3 Å². The maximum Gasteiger partial charge on any atom is 0.266 e. The molecule has 1 aliphatic carbocycles. The third-order valence-corrected chi connectivity index (χ3v) is 8.97. The number of methoxy groups -OCH3 is 1. The van der Waals surface area contributed by atoms with E-state index >= 15 is 0 Å². The highest BCUT2D eigenvalue weighted by atomic mass is 35.5. The molecule has 0 atom stereocenters. The molecule has 1 fully saturated rings. The Morgan fingerprint density at radius 3 is 2.50 bits per heavy atom. The number of nitrogens with zero attached hydrogens (tertiary/aromatic N) is 2. The fourth-order valence-corrected chi connectivity index (χ4v) is 6.68. The Hall–Kier alpha value is -3.23. The molecular formula is C29H28ClF2N3O2S. The first-order chi connectivity index (χ1) is 18.3. The van der Waals surface area contributed by atoms with Crippen molar-refractivity contribution in [1.29, 1.82) is 0 Å². The van der Waals surface area contributed by atoms with E-state index in [2.05, 4.69) is 11.9 Å². The van der Waals surface area contributed by atoms with E-state index in [0.717, 1.165) is 65.8 Å². The number of rotatable bonds is 6. The molecule has 0 radical (unpaired) electrons. The molecule has 9 heteroatoms. The van der Waals surface area contributed by atoms with Crippen LogP contribution in [0.1, 0.15) is 47.8 Å². The molecule has 5 nitrogen and oxygen atoms in total. The first-order valence-electron chi connectivity index (χ1n) is 12.5. The molecule has 0 aliphatic heterocycles. The van der Waals surface area contributed by atoms with Crippen molar-refractivity contribution in [1.82, 2.24) is 9.88 Å². The van der Waals surface area contributed by atoms with Crippen molar-refractivity contribution in [2.75, 3.05) is 12.8 Å². The first kappa shape index (κ1) is 26.4. The number of hydrogen-bond donors (Lipinski definition) is 1. The molecule has 38 heavy (non-hydrogen) atoms. The second-order valence-electron chi connectivity index (χ2n) is 9.82. The summed E-state index contributed by atoms with van der Waals surface area (Å²) >= 11 is 7.43. The van der Waals surface area contributed by atoms with Crippen molar-refractivity contribution in [3.8, 4) is 16.9 Å². The van der Waals surface area contributed by atoms with Crippen LogP contribution in [-0.2, 0) is 6.54 Å². The third-order valence-electron chi connectivity index (χ3n) is 7.30. The summed E-state index contributed by atoms with van der Waals surface area (Å²) in [5.74, 6) is 0.0377. The maximum absolute atomic E-state index is 14.6. The predicted octanol–water partition coefficient (Wildman–Crippen LogP) is 7.71. The Morgan fingerprint density at radius 1 is 1.11 bits per heavy atom. The van der Waals surface area contributed by atoms with Gasteiger partial charge in [0, 0.05) is 24.3 Å². The molecule has 4 aromatic rings. The van der Waals surface area contributed by atoms with Crippen molar-refractivity contribution in [2.45, 2.75) is 45.2 Å². The first-order valence-corrected chi connectivity index (χ1v) is 13.7. The number of ether oxygens (including phenoxy) is 1. The van der Waals surface area contributed by atoms with E-state index in [1.807, 2.05) is 24.3 Å². The highest BCUT2D eigenvalue weighted by Crippen LogP contribution is 2.41. The predicted molar refractivity (Wildman–Crippen MR) is 149 cm³/mol. The lowest BCUT2D eigenvalue weighted by molar-refractivity contribution is 0.0597. The summed E-state index contributed by atoms with van der Waals surface area (Å²) in [6.45, 7) is 2.47. The summed E-state index contributed by atoms with van der Waals surface area (Å²) in [7, 11) is 1.59. The Labute approximate surface area is 229 Å². The molecule has 1 aliphatic rings. The van der Waals surface area contributed by atoms with Crippen LogP contribution >= 0.6 is 22.9 Å². The third kappa shape index (κ3) is 5.07. The van der Waals surface area contributed by atoms with Crippen molar-refractivity contribution in [3.05, 3.63) is 75.8 Å². The lowest BCUT2D eigenvalue weighted by Gasteiger charge is -2.36. The minimum Gasteiger partial charge on any atom is -0.496 e. The summed E-state index contributed by atoms with van der Waals surface area (Å²) in [5.41, 5.74) is 8.50. The Kier molecular flexibility index (Phi) is 7.54. The molecule has 2 heterocycles. The van der Waals surface area contributed by atoms with Crippen molar-refractivity contribution in [3.63, 3.8) is 0 Å². The van der Waals surface area contributed by atoms with Gasteiger partial charge in [-0.1, -0.05) is 24.6 Å². The van der Waals surface area contributed by atoms with E-state index in [0.29, 0.717) is 17.5 Å². The van der Waals surface area contributed by atoms with Crippen LogP contribution in [0.4, 0.5) is 14.6 Å². The van der Waals surface area contributed by atoms with Gasteiger partial charge in [0.2, 0.25) is 0 Å². The lowest BCUT2D eigenvalue weighted by atomic mass is 9.86. The van der Waals surface area contributed by atoms with Gasteiger partial charge in [-0.15, -0.1) is 11.3 Å². The van der Waals surface area contributed by atoms with Gasteiger partial charge in [0.05, 0.1) is 22.2 Å². The molecule has 2 aromatic carbocycles. The van der Waals surface area contributed by atoms with Gasteiger partial charge in [-0.05, 0) is 79.1 Å². The molecule has 5 rings (SSSR count). The number of nitrogen functional groups attached to an aromatic ring is 1. The van der Waals surface area contributed by atoms with E-state index in [1.165, 1.54) is 0 Å². The molecule has 1 amide bonds. The van der Waals surface area contributed by atoms with Crippen molar-refractivity contribution < 1.29 is 18.3 Å². The molecule has 0 unspecified atom stereocenters. The van der Waals surface area contributed by atoms with Gasteiger partial charge in [-0.3, -0.25) is 4.79 Å². The van der Waals surface area contributed by atoms with Crippen molar-refractivity contribution in [2.24, 2.45) is 5.92 Å². The molecule has 2 N–H and O–H groups in total. The van der Waals surface area contributed by atoms with Gasteiger partial charge in [0.25, 0.3) is 5.91 Å². The van der Waals surface area contributed by atoms with E-state index in [-0.39, 0.29) is 38.5 Å². The van der Waals surface area contributed by atoms with Gasteiger partial charge < -0.3 is 15.4 Å². The lowest BCUT2D eigenvalue weighted by Crippen LogP contribution is -2.41. The SMILES string of the molecule is COc1ccc(-c2ccnc(N)c2)cc1CN(C(=O)c1sc2c(F)ccc(F)c2c1Cl)C1CCC(C)CC1. The average Bonchev–Trinajstić information content (AvgIpc) is 3.28. The zero-order valence-corrected chi connectivity index (χ0v) is 22.7. The molecule has 198 valence electrons. The molecule has 2 aromatic heterocycles. The number of pyridine rings is 1. The molecule has 1 saturated carbocycles. The second-order valence-corrected chi connectivity index (χ2v) is 11.2. The topological polar surface area (TPSA) is 68.5 Å². The Morgan fingerprint density at radius 2 is 1.82 bits per heavy atom. The summed E-state index contributed by atoms with van der Waals surface area (Å²) in [6, 6.07) is 11.5. The van der Waals surface area contributed by atoms with Gasteiger partial charge in [0.1, 0.15) is 28.1 Å². The molecule has 0 spiro atoms. The van der Waals surface area contributed by atoms with Crippen LogP contribution in [0.15, 0.2) is 48.7 Å². The Balaban J connectivity index is 1.57.